The van der Waals surface area contributed by atoms with Crippen molar-refractivity contribution in [2.45, 2.75) is 70.9 Å². The summed E-state index contributed by atoms with van der Waals surface area (Å²) >= 11 is 0. The first-order valence-electron chi connectivity index (χ1n) is 7.09. The van der Waals surface area contributed by atoms with Gasteiger partial charge in [-0.2, -0.15) is 0 Å². The minimum Gasteiger partial charge on any atom is -0.370 e. The van der Waals surface area contributed by atoms with Gasteiger partial charge in [0.2, 0.25) is 0 Å². The lowest BCUT2D eigenvalue weighted by molar-refractivity contribution is 0.117. The molecule has 0 bridgehead atoms. The van der Waals surface area contributed by atoms with E-state index in [-0.39, 0.29) is 5.54 Å². The first-order valence-corrected chi connectivity index (χ1v) is 7.09. The van der Waals surface area contributed by atoms with E-state index in [1.165, 1.54) is 38.5 Å². The molecule has 1 heterocycles. The molecule has 2 rings (SSSR count). The number of aliphatic imine (C=N–C) groups is 1. The molecule has 0 aromatic carbocycles. The Labute approximate surface area is 105 Å². The fourth-order valence-electron chi connectivity index (χ4n) is 3.32. The summed E-state index contributed by atoms with van der Waals surface area (Å²) in [5.74, 6) is 1.64. The summed E-state index contributed by atoms with van der Waals surface area (Å²) in [6, 6.07) is 0.670. The van der Waals surface area contributed by atoms with Gasteiger partial charge < -0.3 is 10.6 Å². The molecule has 0 radical (unpaired) electrons. The molecule has 2 N–H and O–H groups in total. The Kier molecular flexibility index (Phi) is 3.64. The molecule has 1 saturated heterocycles. The van der Waals surface area contributed by atoms with Gasteiger partial charge >= 0.3 is 0 Å². The van der Waals surface area contributed by atoms with Crippen LogP contribution in [0, 0.1) is 5.92 Å². The van der Waals surface area contributed by atoms with Crippen LogP contribution in [0.1, 0.15) is 59.3 Å². The lowest BCUT2D eigenvalue weighted by atomic mass is 9.78. The Balaban J connectivity index is 2.11. The third-order valence-corrected chi connectivity index (χ3v) is 3.99. The zero-order chi connectivity index (χ0) is 12.5. The number of fused-ring (bicyclic) bond motifs is 1. The fourth-order valence-corrected chi connectivity index (χ4v) is 3.32. The highest BCUT2D eigenvalue weighted by Gasteiger charge is 2.34. The van der Waals surface area contributed by atoms with Crippen molar-refractivity contribution >= 4 is 5.96 Å². The molecule has 0 spiro atoms. The summed E-state index contributed by atoms with van der Waals surface area (Å²) in [6.45, 7) is 7.44. The summed E-state index contributed by atoms with van der Waals surface area (Å²) in [6.07, 6.45) is 8.15. The molecule has 0 aromatic rings. The van der Waals surface area contributed by atoms with Crippen LogP contribution in [0.5, 0.6) is 0 Å². The second-order valence-corrected chi connectivity index (χ2v) is 6.59. The number of hydrogen-bond acceptors (Lipinski definition) is 1. The van der Waals surface area contributed by atoms with E-state index >= 15 is 0 Å². The second kappa shape index (κ2) is 4.87. The third kappa shape index (κ3) is 3.14. The van der Waals surface area contributed by atoms with Gasteiger partial charge in [-0.05, 0) is 52.4 Å². The van der Waals surface area contributed by atoms with E-state index in [4.69, 9.17) is 5.73 Å². The average molecular weight is 237 g/mol. The van der Waals surface area contributed by atoms with E-state index in [2.05, 4.69) is 30.7 Å². The fraction of sp³-hybridized carbons (Fsp3) is 0.929. The number of likely N-dealkylation sites (tertiary alicyclic amines) is 1. The lowest BCUT2D eigenvalue weighted by Crippen LogP contribution is -2.53. The van der Waals surface area contributed by atoms with Crippen molar-refractivity contribution in [1.29, 1.82) is 0 Å². The third-order valence-electron chi connectivity index (χ3n) is 3.99. The van der Waals surface area contributed by atoms with Crippen LogP contribution in [0.4, 0.5) is 0 Å². The van der Waals surface area contributed by atoms with E-state index < -0.39 is 0 Å². The van der Waals surface area contributed by atoms with Crippen LogP contribution in [-0.4, -0.2) is 29.0 Å². The van der Waals surface area contributed by atoms with Crippen LogP contribution in [0.2, 0.25) is 0 Å². The van der Waals surface area contributed by atoms with Gasteiger partial charge in [0.05, 0.1) is 5.54 Å². The highest BCUT2D eigenvalue weighted by atomic mass is 15.3. The summed E-state index contributed by atoms with van der Waals surface area (Å²) in [7, 11) is 0. The van der Waals surface area contributed by atoms with E-state index in [0.29, 0.717) is 6.04 Å². The highest BCUT2D eigenvalue weighted by molar-refractivity contribution is 5.79. The van der Waals surface area contributed by atoms with Crippen LogP contribution in [0.25, 0.3) is 0 Å². The van der Waals surface area contributed by atoms with Gasteiger partial charge in [-0.15, -0.1) is 0 Å². The molecule has 1 aliphatic heterocycles. The van der Waals surface area contributed by atoms with Gasteiger partial charge in [-0.25, -0.2) is 4.99 Å². The van der Waals surface area contributed by atoms with E-state index in [0.717, 1.165) is 18.4 Å². The Bertz CT molecular complexity index is 288. The Hall–Kier alpha value is -0.730. The minimum absolute atomic E-state index is 0.0638. The standard InChI is InChI=1S/C14H27N3/c1-14(2,3)16-13(15)17-10-6-8-11-7-4-5-9-12(11)17/h11-12H,4-10H2,1-3H3,(H2,15,16)/t11-,12-/m1/s1. The molecule has 0 unspecified atom stereocenters. The summed E-state index contributed by atoms with van der Waals surface area (Å²) in [5, 5.41) is 0. The zero-order valence-corrected chi connectivity index (χ0v) is 11.6. The largest absolute Gasteiger partial charge is 0.370 e. The molecular formula is C14H27N3. The van der Waals surface area contributed by atoms with Gasteiger partial charge in [0.25, 0.3) is 0 Å². The molecule has 98 valence electrons. The normalized spacial score (nSPS) is 31.2. The number of hydrogen-bond donors (Lipinski definition) is 1. The Morgan fingerprint density at radius 3 is 2.47 bits per heavy atom. The topological polar surface area (TPSA) is 41.6 Å². The lowest BCUT2D eigenvalue weighted by Gasteiger charge is -2.45. The predicted molar refractivity (Wildman–Crippen MR) is 73.1 cm³/mol. The summed E-state index contributed by atoms with van der Waals surface area (Å²) in [5.41, 5.74) is 6.15. The van der Waals surface area contributed by atoms with Crippen LogP contribution in [-0.2, 0) is 0 Å². The molecule has 1 aliphatic carbocycles. The van der Waals surface area contributed by atoms with Gasteiger partial charge in [-0.1, -0.05) is 12.8 Å². The summed E-state index contributed by atoms with van der Waals surface area (Å²) in [4.78, 5) is 7.03. The van der Waals surface area contributed by atoms with Crippen molar-refractivity contribution in [1.82, 2.24) is 4.90 Å². The van der Waals surface area contributed by atoms with E-state index in [9.17, 15) is 0 Å². The molecule has 3 heteroatoms. The molecule has 2 aliphatic rings. The summed E-state index contributed by atoms with van der Waals surface area (Å²) < 4.78 is 0. The number of rotatable bonds is 0. The Morgan fingerprint density at radius 2 is 1.76 bits per heavy atom. The maximum Gasteiger partial charge on any atom is 0.192 e. The highest BCUT2D eigenvalue weighted by Crippen LogP contribution is 2.35. The molecule has 17 heavy (non-hydrogen) atoms. The van der Waals surface area contributed by atoms with Crippen LogP contribution in [0.15, 0.2) is 4.99 Å². The molecule has 2 atom stereocenters. The van der Waals surface area contributed by atoms with Crippen molar-refractivity contribution in [3.8, 4) is 0 Å². The number of piperidine rings is 1. The van der Waals surface area contributed by atoms with Crippen molar-refractivity contribution in [2.24, 2.45) is 16.6 Å². The molecule has 1 saturated carbocycles. The molecule has 0 amide bonds. The molecule has 0 aromatic heterocycles. The van der Waals surface area contributed by atoms with E-state index in [1.807, 2.05) is 0 Å². The molecule has 3 nitrogen and oxygen atoms in total. The molecular weight excluding hydrogens is 210 g/mol. The van der Waals surface area contributed by atoms with Crippen molar-refractivity contribution in [3.63, 3.8) is 0 Å². The maximum absolute atomic E-state index is 6.22. The van der Waals surface area contributed by atoms with Gasteiger partial charge in [0.1, 0.15) is 0 Å². The van der Waals surface area contributed by atoms with Crippen molar-refractivity contribution in [2.75, 3.05) is 6.54 Å². The molecule has 2 fully saturated rings. The van der Waals surface area contributed by atoms with Crippen LogP contribution < -0.4 is 5.73 Å². The first-order chi connectivity index (χ1) is 7.97. The van der Waals surface area contributed by atoms with Crippen LogP contribution in [0.3, 0.4) is 0 Å². The number of nitrogens with two attached hydrogens (primary N) is 1. The quantitative estimate of drug-likeness (QED) is 0.520. The van der Waals surface area contributed by atoms with Crippen LogP contribution >= 0.6 is 0 Å². The van der Waals surface area contributed by atoms with Gasteiger partial charge in [0.15, 0.2) is 5.96 Å². The predicted octanol–water partition coefficient (Wildman–Crippen LogP) is 2.75. The first kappa shape index (κ1) is 12.7. The zero-order valence-electron chi connectivity index (χ0n) is 11.6. The van der Waals surface area contributed by atoms with Gasteiger partial charge in [-0.3, -0.25) is 0 Å². The second-order valence-electron chi connectivity index (χ2n) is 6.59. The average Bonchev–Trinajstić information content (AvgIpc) is 2.26. The SMILES string of the molecule is CC(C)(C)N=C(N)N1CCC[C@H]2CCCC[C@H]21. The van der Waals surface area contributed by atoms with Gasteiger partial charge in [0, 0.05) is 12.6 Å². The van der Waals surface area contributed by atoms with Crippen molar-refractivity contribution in [3.05, 3.63) is 0 Å². The smallest absolute Gasteiger partial charge is 0.192 e. The number of guanidine groups is 1. The minimum atomic E-state index is -0.0638. The number of nitrogens with zero attached hydrogens (tertiary/aromatic N) is 2. The monoisotopic (exact) mass is 237 g/mol. The van der Waals surface area contributed by atoms with E-state index in [1.54, 1.807) is 0 Å². The van der Waals surface area contributed by atoms with Crippen molar-refractivity contribution < 1.29 is 0 Å². The maximum atomic E-state index is 6.22. The Morgan fingerprint density at radius 1 is 1.12 bits per heavy atom.